The number of fused-ring (bicyclic) bond motifs is 1. The van der Waals surface area contributed by atoms with Crippen LogP contribution in [0.1, 0.15) is 24.1 Å². The highest BCUT2D eigenvalue weighted by Gasteiger charge is 2.34. The van der Waals surface area contributed by atoms with Crippen LogP contribution in [0, 0.1) is 5.92 Å². The van der Waals surface area contributed by atoms with Crippen molar-refractivity contribution in [1.82, 2.24) is 14.9 Å². The molecule has 3 aromatic rings. The lowest BCUT2D eigenvalue weighted by Gasteiger charge is -2.32. The van der Waals surface area contributed by atoms with Crippen LogP contribution in [-0.4, -0.2) is 48.2 Å². The summed E-state index contributed by atoms with van der Waals surface area (Å²) in [5.41, 5.74) is 2.12. The van der Waals surface area contributed by atoms with Crippen LogP contribution >= 0.6 is 11.3 Å². The van der Waals surface area contributed by atoms with Crippen molar-refractivity contribution in [2.24, 2.45) is 10.3 Å². The molecule has 0 aliphatic carbocycles. The van der Waals surface area contributed by atoms with Crippen LogP contribution in [0.5, 0.6) is 0 Å². The van der Waals surface area contributed by atoms with E-state index < -0.39 is 10.0 Å². The minimum Gasteiger partial charge on any atom is -0.459 e. The molecule has 0 amide bonds. The molecule has 0 unspecified atom stereocenters. The van der Waals surface area contributed by atoms with E-state index in [0.29, 0.717) is 43.0 Å². The number of benzene rings is 1. The number of amidine groups is 1. The van der Waals surface area contributed by atoms with Crippen molar-refractivity contribution in [1.29, 1.82) is 0 Å². The van der Waals surface area contributed by atoms with Gasteiger partial charge >= 0.3 is 5.97 Å². The number of nitrogens with zero attached hydrogens (tertiary/aromatic N) is 4. The Morgan fingerprint density at radius 2 is 1.91 bits per heavy atom. The normalized spacial score (nSPS) is 17.6. The summed E-state index contributed by atoms with van der Waals surface area (Å²) in [6, 6.07) is 12.5. The number of sulfonamides is 1. The largest absolute Gasteiger partial charge is 0.459 e. The predicted molar refractivity (Wildman–Crippen MR) is 120 cm³/mol. The van der Waals surface area contributed by atoms with Gasteiger partial charge in [0.25, 0.3) is 10.0 Å². The Balaban J connectivity index is 1.17. The van der Waals surface area contributed by atoms with Gasteiger partial charge in [-0.05, 0) is 37.1 Å². The lowest BCUT2D eigenvalue weighted by molar-refractivity contribution is -0.151. The second-order valence-corrected chi connectivity index (χ2v) is 10.0. The molecular formula is C22H20N4O4S2. The first-order chi connectivity index (χ1) is 15.5. The van der Waals surface area contributed by atoms with Crippen molar-refractivity contribution in [2.45, 2.75) is 24.3 Å². The SMILES string of the molecule is O=C(OCc1csc(-c2ccccn2)n1)C1CCN(C2=NS(=O)(=O)c3ccccc32)CC1. The second-order valence-electron chi connectivity index (χ2n) is 7.61. The van der Waals surface area contributed by atoms with Gasteiger partial charge in [-0.25, -0.2) is 4.98 Å². The fourth-order valence-corrected chi connectivity index (χ4v) is 5.89. The minimum absolute atomic E-state index is 0.126. The number of pyridine rings is 1. The maximum atomic E-state index is 12.6. The Bertz CT molecular complexity index is 1280. The summed E-state index contributed by atoms with van der Waals surface area (Å²) in [7, 11) is -3.65. The average Bonchev–Trinajstić information content (AvgIpc) is 3.41. The zero-order chi connectivity index (χ0) is 22.1. The molecule has 5 rings (SSSR count). The molecule has 10 heteroatoms. The van der Waals surface area contributed by atoms with Crippen LogP contribution < -0.4 is 0 Å². The molecular weight excluding hydrogens is 448 g/mol. The number of piperidine rings is 1. The fourth-order valence-electron chi connectivity index (χ4n) is 3.89. The van der Waals surface area contributed by atoms with E-state index in [-0.39, 0.29) is 23.4 Å². The summed E-state index contributed by atoms with van der Waals surface area (Å²) >= 11 is 1.46. The van der Waals surface area contributed by atoms with Gasteiger partial charge in [0.05, 0.1) is 17.3 Å². The smallest absolute Gasteiger partial charge is 0.309 e. The molecule has 2 aromatic heterocycles. The van der Waals surface area contributed by atoms with Gasteiger partial charge < -0.3 is 9.64 Å². The van der Waals surface area contributed by atoms with Crippen molar-refractivity contribution in [3.8, 4) is 10.7 Å². The summed E-state index contributed by atoms with van der Waals surface area (Å²) in [4.78, 5) is 23.5. The van der Waals surface area contributed by atoms with Crippen molar-refractivity contribution in [2.75, 3.05) is 13.1 Å². The molecule has 2 aliphatic heterocycles. The zero-order valence-electron chi connectivity index (χ0n) is 17.0. The van der Waals surface area contributed by atoms with Gasteiger partial charge in [0.1, 0.15) is 16.5 Å². The predicted octanol–water partition coefficient (Wildman–Crippen LogP) is 3.11. The van der Waals surface area contributed by atoms with Gasteiger partial charge in [-0.15, -0.1) is 15.7 Å². The van der Waals surface area contributed by atoms with E-state index in [1.165, 1.54) is 11.3 Å². The van der Waals surface area contributed by atoms with E-state index >= 15 is 0 Å². The third-order valence-corrected chi connectivity index (χ3v) is 7.78. The van der Waals surface area contributed by atoms with Gasteiger partial charge in [0.15, 0.2) is 5.84 Å². The van der Waals surface area contributed by atoms with Crippen LogP contribution in [0.25, 0.3) is 10.7 Å². The Morgan fingerprint density at radius 3 is 2.69 bits per heavy atom. The Hall–Kier alpha value is -3.11. The van der Waals surface area contributed by atoms with E-state index in [4.69, 9.17) is 4.74 Å². The van der Waals surface area contributed by atoms with Crippen molar-refractivity contribution >= 4 is 33.2 Å². The third-order valence-electron chi connectivity index (χ3n) is 5.54. The van der Waals surface area contributed by atoms with E-state index in [1.54, 1.807) is 30.5 Å². The summed E-state index contributed by atoms with van der Waals surface area (Å²) < 4.78 is 34.1. The molecule has 1 fully saturated rings. The number of hydrogen-bond donors (Lipinski definition) is 0. The molecule has 8 nitrogen and oxygen atoms in total. The standard InChI is InChI=1S/C22H20N4O4S2/c27-22(30-13-16-14-31-21(24-16)18-6-3-4-10-23-18)15-8-11-26(12-9-15)20-17-5-1-2-7-19(17)32(28,29)25-20/h1-7,10,14-15H,8-9,11-13H2. The number of ether oxygens (including phenoxy) is 1. The van der Waals surface area contributed by atoms with Crippen LogP contribution in [-0.2, 0) is 26.2 Å². The summed E-state index contributed by atoms with van der Waals surface area (Å²) in [5.74, 6) is -0.00985. The van der Waals surface area contributed by atoms with Gasteiger partial charge in [-0.3, -0.25) is 9.78 Å². The molecule has 164 valence electrons. The molecule has 1 saturated heterocycles. The van der Waals surface area contributed by atoms with Gasteiger partial charge in [0, 0.05) is 30.2 Å². The summed E-state index contributed by atoms with van der Waals surface area (Å²) in [6.07, 6.45) is 2.88. The molecule has 0 saturated carbocycles. The van der Waals surface area contributed by atoms with E-state index in [0.717, 1.165) is 10.7 Å². The Morgan fingerprint density at radius 1 is 1.12 bits per heavy atom. The first-order valence-corrected chi connectivity index (χ1v) is 12.5. The van der Waals surface area contributed by atoms with Gasteiger partial charge in [-0.2, -0.15) is 8.42 Å². The van der Waals surface area contributed by atoms with Gasteiger partial charge in [-0.1, -0.05) is 18.2 Å². The van der Waals surface area contributed by atoms with Crippen LogP contribution in [0.3, 0.4) is 0 Å². The number of thiazole rings is 1. The number of esters is 1. The molecule has 0 bridgehead atoms. The lowest BCUT2D eigenvalue weighted by atomic mass is 9.96. The summed E-state index contributed by atoms with van der Waals surface area (Å²) in [6.45, 7) is 1.21. The zero-order valence-corrected chi connectivity index (χ0v) is 18.7. The monoisotopic (exact) mass is 468 g/mol. The fraction of sp³-hybridized carbons (Fsp3) is 0.273. The van der Waals surface area contributed by atoms with E-state index in [1.807, 2.05) is 28.5 Å². The number of hydrogen-bond acceptors (Lipinski definition) is 8. The summed E-state index contributed by atoms with van der Waals surface area (Å²) in [5, 5.41) is 2.66. The molecule has 1 aromatic carbocycles. The Labute approximate surface area is 189 Å². The van der Waals surface area contributed by atoms with Crippen LogP contribution in [0.2, 0.25) is 0 Å². The van der Waals surface area contributed by atoms with E-state index in [9.17, 15) is 13.2 Å². The molecule has 4 heterocycles. The number of likely N-dealkylation sites (tertiary alicyclic amines) is 1. The van der Waals surface area contributed by atoms with Crippen LogP contribution in [0.15, 0.2) is 63.3 Å². The number of carbonyl (C=O) groups excluding carboxylic acids is 1. The molecule has 0 radical (unpaired) electrons. The maximum Gasteiger partial charge on any atom is 0.309 e. The number of rotatable bonds is 4. The van der Waals surface area contributed by atoms with Crippen molar-refractivity contribution in [3.63, 3.8) is 0 Å². The third kappa shape index (κ3) is 4.03. The highest BCUT2D eigenvalue weighted by molar-refractivity contribution is 7.90. The number of carbonyl (C=O) groups is 1. The molecule has 32 heavy (non-hydrogen) atoms. The molecule has 0 atom stereocenters. The molecule has 0 spiro atoms. The lowest BCUT2D eigenvalue weighted by Crippen LogP contribution is -2.40. The highest BCUT2D eigenvalue weighted by Crippen LogP contribution is 2.30. The van der Waals surface area contributed by atoms with Crippen molar-refractivity contribution in [3.05, 3.63) is 65.3 Å². The quantitative estimate of drug-likeness (QED) is 0.542. The second kappa shape index (κ2) is 8.44. The highest BCUT2D eigenvalue weighted by atomic mass is 32.2. The van der Waals surface area contributed by atoms with Crippen LogP contribution in [0.4, 0.5) is 0 Å². The number of aromatic nitrogens is 2. The first kappa shape index (κ1) is 20.8. The molecule has 0 N–H and O–H groups in total. The average molecular weight is 469 g/mol. The maximum absolute atomic E-state index is 12.6. The minimum atomic E-state index is -3.65. The first-order valence-electron chi connectivity index (χ1n) is 10.2. The van der Waals surface area contributed by atoms with Crippen molar-refractivity contribution < 1.29 is 17.9 Å². The molecule has 2 aliphatic rings. The van der Waals surface area contributed by atoms with E-state index in [2.05, 4.69) is 14.4 Å². The topological polar surface area (TPSA) is 102 Å². The Kier molecular flexibility index (Phi) is 5.48. The van der Waals surface area contributed by atoms with Gasteiger partial charge in [0.2, 0.25) is 0 Å².